The van der Waals surface area contributed by atoms with Crippen LogP contribution in [-0.4, -0.2) is 12.1 Å². The van der Waals surface area contributed by atoms with Gasteiger partial charge in [0.25, 0.3) is 0 Å². The van der Waals surface area contributed by atoms with E-state index in [9.17, 15) is 9.59 Å². The van der Waals surface area contributed by atoms with Crippen molar-refractivity contribution in [3.05, 3.63) is 35.9 Å². The van der Waals surface area contributed by atoms with Crippen molar-refractivity contribution in [2.24, 2.45) is 5.73 Å². The first-order valence-corrected chi connectivity index (χ1v) is 4.06. The van der Waals surface area contributed by atoms with Crippen molar-refractivity contribution in [1.29, 1.82) is 0 Å². The van der Waals surface area contributed by atoms with Crippen molar-refractivity contribution in [3.63, 3.8) is 0 Å². The van der Waals surface area contributed by atoms with Crippen LogP contribution < -0.4 is 16.4 Å². The Morgan fingerprint density at radius 2 is 1.86 bits per heavy atom. The van der Waals surface area contributed by atoms with Gasteiger partial charge in [-0.05, 0) is 5.56 Å². The zero-order valence-electron chi connectivity index (χ0n) is 7.49. The summed E-state index contributed by atoms with van der Waals surface area (Å²) in [6.45, 7) is 0.361. The molecule has 74 valence electrons. The molecular weight excluding hydrogens is 182 g/mol. The summed E-state index contributed by atoms with van der Waals surface area (Å²) in [6, 6.07) is 7.88. The quantitative estimate of drug-likeness (QED) is 0.641. The van der Waals surface area contributed by atoms with Crippen molar-refractivity contribution in [3.8, 4) is 0 Å². The Balaban J connectivity index is 2.34. The van der Waals surface area contributed by atoms with E-state index in [4.69, 9.17) is 5.73 Å². The molecule has 0 heterocycles. The Labute approximate surface area is 81.3 Å². The molecule has 5 heteroatoms. The molecule has 0 saturated heterocycles. The highest BCUT2D eigenvalue weighted by Gasteiger charge is 2.01. The number of nitrogens with two attached hydrogens (primary N) is 1. The molecule has 14 heavy (non-hydrogen) atoms. The third-order valence-corrected chi connectivity index (χ3v) is 1.53. The van der Waals surface area contributed by atoms with E-state index in [1.807, 2.05) is 35.6 Å². The zero-order chi connectivity index (χ0) is 10.4. The molecule has 0 radical (unpaired) electrons. The summed E-state index contributed by atoms with van der Waals surface area (Å²) in [6.07, 6.45) is 0. The first-order chi connectivity index (χ1) is 6.68. The number of imide groups is 1. The Hall–Kier alpha value is -2.04. The van der Waals surface area contributed by atoms with E-state index in [1.165, 1.54) is 0 Å². The summed E-state index contributed by atoms with van der Waals surface area (Å²) in [5.74, 6) is 0. The molecule has 1 aromatic carbocycles. The minimum Gasteiger partial charge on any atom is -0.351 e. The van der Waals surface area contributed by atoms with Gasteiger partial charge in [-0.1, -0.05) is 30.3 Å². The number of carbonyl (C=O) groups is 2. The van der Waals surface area contributed by atoms with Gasteiger partial charge in [-0.2, -0.15) is 0 Å². The van der Waals surface area contributed by atoms with Crippen LogP contribution in [-0.2, 0) is 6.54 Å². The SMILES string of the molecule is NC(=O)NC(=O)NCc1ccccc1. The molecule has 4 N–H and O–H groups in total. The molecule has 0 aromatic heterocycles. The normalized spacial score (nSPS) is 9.14. The fourth-order valence-electron chi connectivity index (χ4n) is 0.934. The highest BCUT2D eigenvalue weighted by molar-refractivity contribution is 5.92. The van der Waals surface area contributed by atoms with Crippen LogP contribution in [0.3, 0.4) is 0 Å². The molecule has 4 amide bonds. The van der Waals surface area contributed by atoms with Crippen LogP contribution in [0.15, 0.2) is 30.3 Å². The predicted octanol–water partition coefficient (Wildman–Crippen LogP) is 0.564. The maximum atomic E-state index is 10.9. The highest BCUT2D eigenvalue weighted by atomic mass is 16.2. The summed E-state index contributed by atoms with van der Waals surface area (Å²) >= 11 is 0. The van der Waals surface area contributed by atoms with Crippen LogP contribution in [0.5, 0.6) is 0 Å². The average Bonchev–Trinajstić information content (AvgIpc) is 2.15. The summed E-state index contributed by atoms with van der Waals surface area (Å²) in [7, 11) is 0. The van der Waals surface area contributed by atoms with Gasteiger partial charge in [0.1, 0.15) is 0 Å². The van der Waals surface area contributed by atoms with Crippen molar-refractivity contribution in [1.82, 2.24) is 10.6 Å². The fourth-order valence-corrected chi connectivity index (χ4v) is 0.934. The second-order valence-electron chi connectivity index (χ2n) is 2.66. The van der Waals surface area contributed by atoms with Crippen LogP contribution in [0.2, 0.25) is 0 Å². The lowest BCUT2D eigenvalue weighted by molar-refractivity contribution is 0.231. The standard InChI is InChI=1S/C9H11N3O2/c10-8(13)12-9(14)11-6-7-4-2-1-3-5-7/h1-5H,6H2,(H4,10,11,12,13,14). The molecule has 1 aromatic rings. The van der Waals surface area contributed by atoms with E-state index < -0.39 is 12.1 Å². The molecule has 0 bridgehead atoms. The molecule has 1 rings (SSSR count). The van der Waals surface area contributed by atoms with Gasteiger partial charge < -0.3 is 11.1 Å². The molecule has 0 atom stereocenters. The third kappa shape index (κ3) is 3.57. The molecule has 0 unspecified atom stereocenters. The fraction of sp³-hybridized carbons (Fsp3) is 0.111. The van der Waals surface area contributed by atoms with Crippen LogP contribution in [0, 0.1) is 0 Å². The predicted molar refractivity (Wildman–Crippen MR) is 51.4 cm³/mol. The summed E-state index contributed by atoms with van der Waals surface area (Å²) < 4.78 is 0. The number of primary amides is 1. The maximum absolute atomic E-state index is 10.9. The second kappa shape index (κ2) is 4.86. The number of amides is 4. The number of nitrogens with one attached hydrogen (secondary N) is 2. The Morgan fingerprint density at radius 3 is 2.43 bits per heavy atom. The van der Waals surface area contributed by atoms with Gasteiger partial charge in [0.15, 0.2) is 0 Å². The number of benzene rings is 1. The first kappa shape index (κ1) is 10.0. The molecule has 0 spiro atoms. The van der Waals surface area contributed by atoms with E-state index in [0.29, 0.717) is 6.54 Å². The van der Waals surface area contributed by atoms with Crippen molar-refractivity contribution >= 4 is 12.1 Å². The van der Waals surface area contributed by atoms with Crippen LogP contribution in [0.1, 0.15) is 5.56 Å². The van der Waals surface area contributed by atoms with Crippen molar-refractivity contribution in [2.75, 3.05) is 0 Å². The number of urea groups is 2. The van der Waals surface area contributed by atoms with Crippen molar-refractivity contribution < 1.29 is 9.59 Å². The van der Waals surface area contributed by atoms with Gasteiger partial charge in [-0.25, -0.2) is 9.59 Å². The number of rotatable bonds is 2. The van der Waals surface area contributed by atoms with Gasteiger partial charge in [0.05, 0.1) is 0 Å². The van der Waals surface area contributed by atoms with Gasteiger partial charge >= 0.3 is 12.1 Å². The highest BCUT2D eigenvalue weighted by Crippen LogP contribution is 1.96. The van der Waals surface area contributed by atoms with E-state index in [0.717, 1.165) is 5.56 Å². The third-order valence-electron chi connectivity index (χ3n) is 1.53. The largest absolute Gasteiger partial charge is 0.351 e. The van der Waals surface area contributed by atoms with Gasteiger partial charge in [-0.15, -0.1) is 0 Å². The van der Waals surface area contributed by atoms with E-state index in [1.54, 1.807) is 0 Å². The monoisotopic (exact) mass is 193 g/mol. The maximum Gasteiger partial charge on any atom is 0.323 e. The topological polar surface area (TPSA) is 84.2 Å². The molecule has 0 fully saturated rings. The van der Waals surface area contributed by atoms with Gasteiger partial charge in [0, 0.05) is 6.54 Å². The number of hydrogen-bond donors (Lipinski definition) is 3. The van der Waals surface area contributed by atoms with E-state index in [2.05, 4.69) is 5.32 Å². The molecule has 0 saturated carbocycles. The Kier molecular flexibility index (Phi) is 3.49. The number of carbonyl (C=O) groups excluding carboxylic acids is 2. The lowest BCUT2D eigenvalue weighted by Gasteiger charge is -2.04. The summed E-state index contributed by atoms with van der Waals surface area (Å²) in [4.78, 5) is 21.2. The molecule has 0 aliphatic carbocycles. The second-order valence-corrected chi connectivity index (χ2v) is 2.66. The first-order valence-electron chi connectivity index (χ1n) is 4.06. The van der Waals surface area contributed by atoms with E-state index >= 15 is 0 Å². The van der Waals surface area contributed by atoms with Gasteiger partial charge in [0.2, 0.25) is 0 Å². The lowest BCUT2D eigenvalue weighted by Crippen LogP contribution is -2.41. The molecule has 0 aliphatic rings. The molecule has 0 aliphatic heterocycles. The summed E-state index contributed by atoms with van der Waals surface area (Å²) in [5.41, 5.74) is 5.70. The lowest BCUT2D eigenvalue weighted by atomic mass is 10.2. The minimum absolute atomic E-state index is 0.361. The smallest absolute Gasteiger partial charge is 0.323 e. The van der Waals surface area contributed by atoms with Crippen molar-refractivity contribution in [2.45, 2.75) is 6.54 Å². The molecule has 5 nitrogen and oxygen atoms in total. The van der Waals surface area contributed by atoms with E-state index in [-0.39, 0.29) is 0 Å². The Bertz CT molecular complexity index is 324. The summed E-state index contributed by atoms with van der Waals surface area (Å²) in [5, 5.41) is 4.38. The zero-order valence-corrected chi connectivity index (χ0v) is 7.49. The van der Waals surface area contributed by atoms with Crippen LogP contribution >= 0.6 is 0 Å². The Morgan fingerprint density at radius 1 is 1.21 bits per heavy atom. The molecular formula is C9H11N3O2. The van der Waals surface area contributed by atoms with Gasteiger partial charge in [-0.3, -0.25) is 5.32 Å². The average molecular weight is 193 g/mol. The number of hydrogen-bond acceptors (Lipinski definition) is 2. The van der Waals surface area contributed by atoms with Crippen LogP contribution in [0.25, 0.3) is 0 Å². The van der Waals surface area contributed by atoms with Crippen LogP contribution in [0.4, 0.5) is 9.59 Å². The minimum atomic E-state index is -0.865.